The molecule has 3 rings (SSSR count). The van der Waals surface area contributed by atoms with Crippen molar-refractivity contribution in [3.05, 3.63) is 57.8 Å². The van der Waals surface area contributed by atoms with Crippen LogP contribution in [0.4, 0.5) is 9.52 Å². The summed E-state index contributed by atoms with van der Waals surface area (Å²) in [5, 5.41) is 4.86. The topological polar surface area (TPSA) is 50.5 Å². The molecule has 7 heteroatoms. The van der Waals surface area contributed by atoms with Crippen molar-refractivity contribution < 1.29 is 4.39 Å². The average molecular weight is 304 g/mol. The molecule has 0 aliphatic heterocycles. The van der Waals surface area contributed by atoms with Crippen molar-refractivity contribution in [2.75, 3.05) is 11.9 Å². The molecule has 1 aromatic carbocycles. The van der Waals surface area contributed by atoms with Crippen LogP contribution >= 0.6 is 11.3 Å². The maximum Gasteiger partial charge on any atom is 0.275 e. The Labute approximate surface area is 124 Å². The van der Waals surface area contributed by atoms with Gasteiger partial charge in [-0.2, -0.15) is 4.52 Å². The summed E-state index contributed by atoms with van der Waals surface area (Å²) in [6.45, 7) is 2.14. The van der Waals surface area contributed by atoms with Crippen LogP contribution in [0.15, 0.2) is 35.1 Å². The summed E-state index contributed by atoms with van der Waals surface area (Å²) >= 11 is 1.30. The fourth-order valence-corrected chi connectivity index (χ4v) is 2.93. The number of aromatic nitrogens is 3. The molecule has 0 fully saturated rings. The fourth-order valence-electron chi connectivity index (χ4n) is 2.01. The van der Waals surface area contributed by atoms with E-state index in [1.54, 1.807) is 30.0 Å². The quantitative estimate of drug-likeness (QED) is 0.744. The normalized spacial score (nSPS) is 11.0. The van der Waals surface area contributed by atoms with Crippen LogP contribution in [0.2, 0.25) is 0 Å². The van der Waals surface area contributed by atoms with Crippen molar-refractivity contribution in [1.82, 2.24) is 14.6 Å². The molecule has 0 amide bonds. The first-order valence-electron chi connectivity index (χ1n) is 6.36. The van der Waals surface area contributed by atoms with E-state index in [9.17, 15) is 9.18 Å². The highest BCUT2D eigenvalue weighted by molar-refractivity contribution is 7.20. The monoisotopic (exact) mass is 304 g/mol. The Hall–Kier alpha value is -2.28. The third-order valence-electron chi connectivity index (χ3n) is 3.05. The van der Waals surface area contributed by atoms with Gasteiger partial charge in [0.2, 0.25) is 10.1 Å². The lowest BCUT2D eigenvalue weighted by molar-refractivity contribution is 0.607. The lowest BCUT2D eigenvalue weighted by Gasteiger charge is -2.15. The van der Waals surface area contributed by atoms with Gasteiger partial charge >= 0.3 is 0 Å². The summed E-state index contributed by atoms with van der Waals surface area (Å²) in [5.41, 5.74) is 1.03. The summed E-state index contributed by atoms with van der Waals surface area (Å²) in [5.74, 6) is -0.253. The van der Waals surface area contributed by atoms with Gasteiger partial charge in [-0.1, -0.05) is 29.5 Å². The van der Waals surface area contributed by atoms with Gasteiger partial charge in [0.25, 0.3) is 5.56 Å². The minimum absolute atomic E-state index is 0.209. The van der Waals surface area contributed by atoms with E-state index in [1.807, 2.05) is 7.05 Å². The molecule has 21 heavy (non-hydrogen) atoms. The highest BCUT2D eigenvalue weighted by Crippen LogP contribution is 2.22. The Morgan fingerprint density at radius 1 is 1.38 bits per heavy atom. The van der Waals surface area contributed by atoms with Crippen molar-refractivity contribution in [2.45, 2.75) is 13.5 Å². The van der Waals surface area contributed by atoms with Crippen LogP contribution in [-0.2, 0) is 6.54 Å². The van der Waals surface area contributed by atoms with E-state index >= 15 is 0 Å². The van der Waals surface area contributed by atoms with Crippen molar-refractivity contribution in [1.29, 1.82) is 0 Å². The average Bonchev–Trinajstić information content (AvgIpc) is 2.85. The number of fused-ring (bicyclic) bond motifs is 1. The van der Waals surface area contributed by atoms with E-state index < -0.39 is 0 Å². The molecule has 0 atom stereocenters. The van der Waals surface area contributed by atoms with Gasteiger partial charge in [-0.15, -0.1) is 5.10 Å². The number of rotatable bonds is 3. The first kappa shape index (κ1) is 13.7. The summed E-state index contributed by atoms with van der Waals surface area (Å²) in [7, 11) is 1.81. The summed E-state index contributed by atoms with van der Waals surface area (Å²) in [4.78, 5) is 18.5. The number of nitrogens with zero attached hydrogens (tertiary/aromatic N) is 4. The van der Waals surface area contributed by atoms with Crippen molar-refractivity contribution in [2.24, 2.45) is 0 Å². The Morgan fingerprint density at radius 2 is 2.14 bits per heavy atom. The Morgan fingerprint density at radius 3 is 2.90 bits per heavy atom. The predicted molar refractivity (Wildman–Crippen MR) is 80.4 cm³/mol. The standard InChI is InChI=1S/C14H13FN4OS/c1-9-7-12(20)19-13(16-9)21-14(17-19)18(2)8-10-5-3-4-6-11(10)15/h3-7H,8H2,1-2H3. The highest BCUT2D eigenvalue weighted by Gasteiger charge is 2.13. The number of halogens is 1. The van der Waals surface area contributed by atoms with Crippen LogP contribution in [0.3, 0.4) is 0 Å². The molecular formula is C14H13FN4OS. The zero-order valence-corrected chi connectivity index (χ0v) is 12.4. The first-order valence-corrected chi connectivity index (χ1v) is 7.18. The molecule has 0 saturated heterocycles. The minimum atomic E-state index is -0.253. The molecule has 2 heterocycles. The molecular weight excluding hydrogens is 291 g/mol. The van der Waals surface area contributed by atoms with Gasteiger partial charge in [0.15, 0.2) is 0 Å². The SMILES string of the molecule is Cc1cc(=O)n2nc(N(C)Cc3ccccc3F)sc2n1. The molecule has 5 nitrogen and oxygen atoms in total. The maximum absolute atomic E-state index is 13.7. The van der Waals surface area contributed by atoms with Gasteiger partial charge in [0.1, 0.15) is 5.82 Å². The number of hydrogen-bond donors (Lipinski definition) is 0. The van der Waals surface area contributed by atoms with Crippen LogP contribution in [0.5, 0.6) is 0 Å². The molecule has 0 N–H and O–H groups in total. The molecule has 0 aliphatic rings. The zero-order chi connectivity index (χ0) is 15.0. The molecule has 0 aliphatic carbocycles. The molecule has 3 aromatic rings. The molecule has 0 spiro atoms. The van der Waals surface area contributed by atoms with Gasteiger partial charge < -0.3 is 4.90 Å². The van der Waals surface area contributed by atoms with Gasteiger partial charge in [0, 0.05) is 30.9 Å². The fraction of sp³-hybridized carbons (Fsp3) is 0.214. The number of benzene rings is 1. The van der Waals surface area contributed by atoms with Gasteiger partial charge in [0.05, 0.1) is 0 Å². The number of hydrogen-bond acceptors (Lipinski definition) is 5. The van der Waals surface area contributed by atoms with Crippen LogP contribution in [0.1, 0.15) is 11.3 Å². The molecule has 0 radical (unpaired) electrons. The second-order valence-corrected chi connectivity index (χ2v) is 5.70. The second kappa shape index (κ2) is 5.25. The van der Waals surface area contributed by atoms with Crippen molar-refractivity contribution in [3.63, 3.8) is 0 Å². The minimum Gasteiger partial charge on any atom is -0.345 e. The summed E-state index contributed by atoms with van der Waals surface area (Å²) in [6, 6.07) is 8.04. The summed E-state index contributed by atoms with van der Waals surface area (Å²) in [6.07, 6.45) is 0. The summed E-state index contributed by atoms with van der Waals surface area (Å²) < 4.78 is 14.9. The zero-order valence-electron chi connectivity index (χ0n) is 11.6. The van der Waals surface area contributed by atoms with E-state index in [1.165, 1.54) is 28.0 Å². The molecule has 2 aromatic heterocycles. The third-order valence-corrected chi connectivity index (χ3v) is 4.08. The third kappa shape index (κ3) is 2.64. The van der Waals surface area contributed by atoms with E-state index in [2.05, 4.69) is 10.1 Å². The number of anilines is 1. The second-order valence-electron chi connectivity index (χ2n) is 4.76. The van der Waals surface area contributed by atoms with Gasteiger partial charge in [-0.25, -0.2) is 9.37 Å². The Bertz CT molecular complexity index is 858. The smallest absolute Gasteiger partial charge is 0.275 e. The van der Waals surface area contributed by atoms with Crippen LogP contribution in [0.25, 0.3) is 4.96 Å². The maximum atomic E-state index is 13.7. The first-order chi connectivity index (χ1) is 10.0. The molecule has 0 saturated carbocycles. The predicted octanol–water partition coefficient (Wildman–Crippen LogP) is 2.23. The molecule has 0 bridgehead atoms. The van der Waals surface area contributed by atoms with Gasteiger partial charge in [-0.3, -0.25) is 4.79 Å². The van der Waals surface area contributed by atoms with E-state index in [0.717, 1.165) is 0 Å². The Kier molecular flexibility index (Phi) is 3.42. The van der Waals surface area contributed by atoms with E-state index in [-0.39, 0.29) is 11.4 Å². The largest absolute Gasteiger partial charge is 0.345 e. The van der Waals surface area contributed by atoms with Gasteiger partial charge in [-0.05, 0) is 13.0 Å². The van der Waals surface area contributed by atoms with Crippen LogP contribution < -0.4 is 10.5 Å². The van der Waals surface area contributed by atoms with Crippen LogP contribution in [-0.4, -0.2) is 21.6 Å². The van der Waals surface area contributed by atoms with Crippen molar-refractivity contribution in [3.8, 4) is 0 Å². The van der Waals surface area contributed by atoms with Crippen LogP contribution in [0, 0.1) is 12.7 Å². The van der Waals surface area contributed by atoms with Crippen molar-refractivity contribution >= 4 is 21.4 Å². The molecule has 0 unspecified atom stereocenters. The lowest BCUT2D eigenvalue weighted by Crippen LogP contribution is -2.19. The number of aryl methyl sites for hydroxylation is 1. The molecule has 108 valence electrons. The highest BCUT2D eigenvalue weighted by atomic mass is 32.1. The Balaban J connectivity index is 1.95. The van der Waals surface area contributed by atoms with E-state index in [4.69, 9.17) is 0 Å². The van der Waals surface area contributed by atoms with E-state index in [0.29, 0.717) is 27.9 Å². The lowest BCUT2D eigenvalue weighted by atomic mass is 10.2.